The first-order chi connectivity index (χ1) is 5.27. The van der Waals surface area contributed by atoms with Crippen molar-refractivity contribution in [1.29, 1.82) is 0 Å². The number of aryl methyl sites for hydroxylation is 2. The van der Waals surface area contributed by atoms with Crippen LogP contribution in [-0.4, -0.2) is 9.97 Å². The number of hydrogen-bond acceptors (Lipinski definition) is 2. The van der Waals surface area contributed by atoms with Gasteiger partial charge in [0.25, 0.3) is 0 Å². The van der Waals surface area contributed by atoms with Crippen LogP contribution in [0.4, 0.5) is 0 Å². The van der Waals surface area contributed by atoms with Crippen molar-refractivity contribution in [3.8, 4) is 0 Å². The molecule has 58 valence electrons. The van der Waals surface area contributed by atoms with Crippen LogP contribution in [0.1, 0.15) is 24.0 Å². The van der Waals surface area contributed by atoms with Crippen molar-refractivity contribution >= 4 is 6.08 Å². The summed E-state index contributed by atoms with van der Waals surface area (Å²) >= 11 is 0. The predicted molar refractivity (Wildman–Crippen MR) is 46.2 cm³/mol. The Morgan fingerprint density at radius 3 is 2.91 bits per heavy atom. The van der Waals surface area contributed by atoms with Crippen molar-refractivity contribution in [3.05, 3.63) is 29.9 Å². The monoisotopic (exact) mass is 148 g/mol. The topological polar surface area (TPSA) is 25.8 Å². The van der Waals surface area contributed by atoms with E-state index in [1.54, 1.807) is 6.08 Å². The summed E-state index contributed by atoms with van der Waals surface area (Å²) in [5.74, 6) is 0.826. The van der Waals surface area contributed by atoms with Crippen LogP contribution in [0.15, 0.2) is 12.8 Å². The number of hydrogen-bond donors (Lipinski definition) is 0. The summed E-state index contributed by atoms with van der Waals surface area (Å²) in [5.41, 5.74) is 2.12. The summed E-state index contributed by atoms with van der Waals surface area (Å²) in [6.07, 6.45) is 4.54. The zero-order valence-electron chi connectivity index (χ0n) is 6.96. The van der Waals surface area contributed by atoms with Crippen molar-refractivity contribution < 1.29 is 0 Å². The SMILES string of the molecule is C=Cc1cnc(C)nc1CC. The lowest BCUT2D eigenvalue weighted by molar-refractivity contribution is 0.943. The van der Waals surface area contributed by atoms with Crippen LogP contribution in [0.5, 0.6) is 0 Å². The number of nitrogens with zero attached hydrogens (tertiary/aromatic N) is 2. The molecule has 0 aliphatic rings. The quantitative estimate of drug-likeness (QED) is 0.641. The zero-order valence-corrected chi connectivity index (χ0v) is 6.96. The van der Waals surface area contributed by atoms with E-state index in [4.69, 9.17) is 0 Å². The van der Waals surface area contributed by atoms with E-state index in [0.717, 1.165) is 23.5 Å². The van der Waals surface area contributed by atoms with Gasteiger partial charge in [-0.15, -0.1) is 0 Å². The Bertz CT molecular complexity index is 266. The van der Waals surface area contributed by atoms with E-state index >= 15 is 0 Å². The van der Waals surface area contributed by atoms with Crippen molar-refractivity contribution in [2.75, 3.05) is 0 Å². The Hall–Kier alpha value is -1.18. The molecule has 0 aliphatic heterocycles. The summed E-state index contributed by atoms with van der Waals surface area (Å²) < 4.78 is 0. The van der Waals surface area contributed by atoms with Gasteiger partial charge in [0.05, 0.1) is 5.69 Å². The average molecular weight is 148 g/mol. The molecule has 0 radical (unpaired) electrons. The van der Waals surface area contributed by atoms with Crippen molar-refractivity contribution in [3.63, 3.8) is 0 Å². The van der Waals surface area contributed by atoms with Crippen LogP contribution in [0.3, 0.4) is 0 Å². The molecular weight excluding hydrogens is 136 g/mol. The van der Waals surface area contributed by atoms with Gasteiger partial charge in [-0.25, -0.2) is 9.97 Å². The van der Waals surface area contributed by atoms with Crippen LogP contribution in [0.2, 0.25) is 0 Å². The first-order valence-corrected chi connectivity index (χ1v) is 3.73. The lowest BCUT2D eigenvalue weighted by Gasteiger charge is -2.01. The van der Waals surface area contributed by atoms with Crippen molar-refractivity contribution in [2.24, 2.45) is 0 Å². The molecule has 2 heteroatoms. The molecule has 0 spiro atoms. The van der Waals surface area contributed by atoms with Gasteiger partial charge in [-0.1, -0.05) is 19.6 Å². The van der Waals surface area contributed by atoms with Crippen molar-refractivity contribution in [2.45, 2.75) is 20.3 Å². The molecule has 2 nitrogen and oxygen atoms in total. The summed E-state index contributed by atoms with van der Waals surface area (Å²) in [5, 5.41) is 0. The maximum absolute atomic E-state index is 4.28. The number of aromatic nitrogens is 2. The highest BCUT2D eigenvalue weighted by molar-refractivity contribution is 5.48. The first-order valence-electron chi connectivity index (χ1n) is 3.73. The molecule has 0 unspecified atom stereocenters. The molecule has 1 heterocycles. The van der Waals surface area contributed by atoms with E-state index in [2.05, 4.69) is 23.5 Å². The smallest absolute Gasteiger partial charge is 0.125 e. The molecule has 0 saturated carbocycles. The average Bonchev–Trinajstić information content (AvgIpc) is 2.04. The van der Waals surface area contributed by atoms with E-state index in [1.807, 2.05) is 13.1 Å². The van der Waals surface area contributed by atoms with Gasteiger partial charge in [0, 0.05) is 11.8 Å². The molecule has 0 aromatic carbocycles. The summed E-state index contributed by atoms with van der Waals surface area (Å²) in [6, 6.07) is 0. The van der Waals surface area contributed by atoms with E-state index < -0.39 is 0 Å². The van der Waals surface area contributed by atoms with E-state index in [0.29, 0.717) is 0 Å². The highest BCUT2D eigenvalue weighted by atomic mass is 14.9. The van der Waals surface area contributed by atoms with Crippen LogP contribution in [0, 0.1) is 6.92 Å². The minimum atomic E-state index is 0.826. The van der Waals surface area contributed by atoms with Crippen LogP contribution in [-0.2, 0) is 6.42 Å². The fourth-order valence-corrected chi connectivity index (χ4v) is 0.980. The van der Waals surface area contributed by atoms with Gasteiger partial charge >= 0.3 is 0 Å². The normalized spacial score (nSPS) is 9.64. The Balaban J connectivity index is 3.16. The molecular formula is C9H12N2. The van der Waals surface area contributed by atoms with E-state index in [-0.39, 0.29) is 0 Å². The summed E-state index contributed by atoms with van der Waals surface area (Å²) in [4.78, 5) is 8.36. The second-order valence-corrected chi connectivity index (χ2v) is 2.38. The molecule has 0 fully saturated rings. The van der Waals surface area contributed by atoms with Gasteiger partial charge in [0.1, 0.15) is 5.82 Å². The van der Waals surface area contributed by atoms with Crippen LogP contribution in [0.25, 0.3) is 6.08 Å². The van der Waals surface area contributed by atoms with Gasteiger partial charge in [0.2, 0.25) is 0 Å². The summed E-state index contributed by atoms with van der Waals surface area (Å²) in [7, 11) is 0. The lowest BCUT2D eigenvalue weighted by Crippen LogP contribution is -1.96. The maximum Gasteiger partial charge on any atom is 0.125 e. The third kappa shape index (κ3) is 1.64. The van der Waals surface area contributed by atoms with Gasteiger partial charge in [-0.2, -0.15) is 0 Å². The third-order valence-corrected chi connectivity index (χ3v) is 1.58. The van der Waals surface area contributed by atoms with Gasteiger partial charge < -0.3 is 0 Å². The summed E-state index contributed by atoms with van der Waals surface area (Å²) in [6.45, 7) is 7.66. The fraction of sp³-hybridized carbons (Fsp3) is 0.333. The predicted octanol–water partition coefficient (Wildman–Crippen LogP) is 1.99. The third-order valence-electron chi connectivity index (χ3n) is 1.58. The largest absolute Gasteiger partial charge is 0.241 e. The minimum Gasteiger partial charge on any atom is -0.241 e. The Labute approximate surface area is 67.0 Å². The molecule has 1 aromatic rings. The highest BCUT2D eigenvalue weighted by Crippen LogP contribution is 2.06. The standard InChI is InChI=1S/C9H12N2/c1-4-8-6-10-7(3)11-9(8)5-2/h4,6H,1,5H2,2-3H3. The molecule has 0 aliphatic carbocycles. The van der Waals surface area contributed by atoms with Gasteiger partial charge in [-0.3, -0.25) is 0 Å². The second kappa shape index (κ2) is 3.28. The second-order valence-electron chi connectivity index (χ2n) is 2.38. The molecule has 11 heavy (non-hydrogen) atoms. The molecule has 0 N–H and O–H groups in total. The van der Waals surface area contributed by atoms with Crippen LogP contribution >= 0.6 is 0 Å². The number of rotatable bonds is 2. The van der Waals surface area contributed by atoms with Crippen molar-refractivity contribution in [1.82, 2.24) is 9.97 Å². The molecule has 0 bridgehead atoms. The lowest BCUT2D eigenvalue weighted by atomic mass is 10.2. The molecule has 0 atom stereocenters. The zero-order chi connectivity index (χ0) is 8.27. The minimum absolute atomic E-state index is 0.826. The van der Waals surface area contributed by atoms with Gasteiger partial charge in [0.15, 0.2) is 0 Å². The Morgan fingerprint density at radius 1 is 1.64 bits per heavy atom. The van der Waals surface area contributed by atoms with Gasteiger partial charge in [-0.05, 0) is 13.3 Å². The van der Waals surface area contributed by atoms with E-state index in [1.165, 1.54) is 0 Å². The van der Waals surface area contributed by atoms with E-state index in [9.17, 15) is 0 Å². The highest BCUT2D eigenvalue weighted by Gasteiger charge is 1.98. The maximum atomic E-state index is 4.28. The molecule has 1 aromatic heterocycles. The van der Waals surface area contributed by atoms with Crippen LogP contribution < -0.4 is 0 Å². The Kier molecular flexibility index (Phi) is 2.36. The Morgan fingerprint density at radius 2 is 2.36 bits per heavy atom. The molecule has 0 saturated heterocycles. The first kappa shape index (κ1) is 7.92. The molecule has 1 rings (SSSR count). The molecule has 0 amide bonds. The fourth-order valence-electron chi connectivity index (χ4n) is 0.980.